The van der Waals surface area contributed by atoms with Crippen molar-refractivity contribution in [1.29, 1.82) is 0 Å². The first-order chi connectivity index (χ1) is 9.44. The maximum Gasteiger partial charge on any atom is 0.122 e. The lowest BCUT2D eigenvalue weighted by atomic mass is 9.83. The van der Waals surface area contributed by atoms with E-state index in [1.807, 2.05) is 26.8 Å². The Kier molecular flexibility index (Phi) is 4.71. The number of methoxy groups -OCH3 is 1. The summed E-state index contributed by atoms with van der Waals surface area (Å²) < 4.78 is 5.35. The third kappa shape index (κ3) is 3.33. The van der Waals surface area contributed by atoms with Gasteiger partial charge in [-0.05, 0) is 75.4 Å². The maximum absolute atomic E-state index is 10.9. The third-order valence-corrected chi connectivity index (χ3v) is 4.38. The fourth-order valence-corrected chi connectivity index (χ4v) is 3.28. The van der Waals surface area contributed by atoms with Gasteiger partial charge in [0, 0.05) is 6.04 Å². The predicted molar refractivity (Wildman–Crippen MR) is 82.3 cm³/mol. The van der Waals surface area contributed by atoms with Gasteiger partial charge in [0.05, 0.1) is 12.7 Å². The average Bonchev–Trinajstić information content (AvgIpc) is 2.41. The summed E-state index contributed by atoms with van der Waals surface area (Å²) in [7, 11) is 1.69. The van der Waals surface area contributed by atoms with Crippen LogP contribution in [0.4, 0.5) is 0 Å². The lowest BCUT2D eigenvalue weighted by Gasteiger charge is -2.33. The molecular formula is C17H27NO2. The van der Waals surface area contributed by atoms with Crippen molar-refractivity contribution in [2.45, 2.75) is 58.1 Å². The summed E-state index contributed by atoms with van der Waals surface area (Å²) >= 11 is 0. The van der Waals surface area contributed by atoms with Crippen LogP contribution < -0.4 is 10.1 Å². The molecule has 1 saturated heterocycles. The van der Waals surface area contributed by atoms with Crippen molar-refractivity contribution in [2.24, 2.45) is 0 Å². The highest BCUT2D eigenvalue weighted by atomic mass is 16.5. The Morgan fingerprint density at radius 3 is 2.65 bits per heavy atom. The molecule has 1 aromatic rings. The average molecular weight is 277 g/mol. The summed E-state index contributed by atoms with van der Waals surface area (Å²) in [6, 6.07) is 4.50. The number of hydrogen-bond acceptors (Lipinski definition) is 3. The van der Waals surface area contributed by atoms with Crippen LogP contribution in [0.3, 0.4) is 0 Å². The molecule has 2 atom stereocenters. The van der Waals surface area contributed by atoms with Gasteiger partial charge in [-0.15, -0.1) is 0 Å². The van der Waals surface area contributed by atoms with Crippen molar-refractivity contribution in [3.63, 3.8) is 0 Å². The number of rotatable bonds is 4. The molecule has 3 heteroatoms. The highest BCUT2D eigenvalue weighted by Crippen LogP contribution is 2.34. The van der Waals surface area contributed by atoms with Crippen LogP contribution in [0.5, 0.6) is 5.75 Å². The van der Waals surface area contributed by atoms with E-state index in [0.717, 1.165) is 41.8 Å². The van der Waals surface area contributed by atoms with Crippen LogP contribution >= 0.6 is 0 Å². The molecule has 2 rings (SSSR count). The Morgan fingerprint density at radius 2 is 2.05 bits per heavy atom. The van der Waals surface area contributed by atoms with E-state index in [1.165, 1.54) is 12.8 Å². The zero-order valence-corrected chi connectivity index (χ0v) is 13.1. The van der Waals surface area contributed by atoms with Gasteiger partial charge in [0.25, 0.3) is 0 Å². The smallest absolute Gasteiger partial charge is 0.122 e. The molecular weight excluding hydrogens is 250 g/mol. The van der Waals surface area contributed by atoms with Crippen molar-refractivity contribution >= 4 is 0 Å². The van der Waals surface area contributed by atoms with Crippen LogP contribution in [-0.4, -0.2) is 24.8 Å². The van der Waals surface area contributed by atoms with Crippen molar-refractivity contribution in [3.8, 4) is 5.75 Å². The highest BCUT2D eigenvalue weighted by Gasteiger charge is 2.30. The first kappa shape index (κ1) is 15.3. The van der Waals surface area contributed by atoms with E-state index in [0.29, 0.717) is 6.04 Å². The number of nitrogens with one attached hydrogen (secondary N) is 1. The van der Waals surface area contributed by atoms with E-state index < -0.39 is 5.60 Å². The molecule has 1 fully saturated rings. The second kappa shape index (κ2) is 6.15. The molecule has 2 unspecified atom stereocenters. The minimum Gasteiger partial charge on any atom is -0.496 e. The predicted octanol–water partition coefficient (Wildman–Crippen LogP) is 3.05. The molecule has 1 heterocycles. The van der Waals surface area contributed by atoms with Gasteiger partial charge in [-0.1, -0.05) is 6.42 Å². The zero-order chi connectivity index (χ0) is 14.8. The molecule has 0 amide bonds. The van der Waals surface area contributed by atoms with Crippen LogP contribution in [0.2, 0.25) is 0 Å². The van der Waals surface area contributed by atoms with Crippen LogP contribution in [0.1, 0.15) is 49.3 Å². The number of piperidine rings is 1. The molecule has 112 valence electrons. The summed E-state index contributed by atoms with van der Waals surface area (Å²) in [5, 5.41) is 14.4. The number of benzene rings is 1. The Labute approximate surface area is 122 Å². The van der Waals surface area contributed by atoms with Gasteiger partial charge in [0.2, 0.25) is 0 Å². The van der Waals surface area contributed by atoms with E-state index >= 15 is 0 Å². The first-order valence-electron chi connectivity index (χ1n) is 7.55. The standard InChI is InChI=1S/C17H27NO2/c1-12-10-16(20-4)13(2)9-15(12)17(3,19)11-14-7-5-6-8-18-14/h9-10,14,18-19H,5-8,11H2,1-4H3. The minimum atomic E-state index is -0.796. The monoisotopic (exact) mass is 277 g/mol. The minimum absolute atomic E-state index is 0.417. The van der Waals surface area contributed by atoms with E-state index in [2.05, 4.69) is 11.4 Å². The van der Waals surface area contributed by atoms with Gasteiger partial charge >= 0.3 is 0 Å². The molecule has 0 saturated carbocycles. The molecule has 1 aromatic carbocycles. The maximum atomic E-state index is 10.9. The third-order valence-electron chi connectivity index (χ3n) is 4.38. The van der Waals surface area contributed by atoms with Crippen molar-refractivity contribution in [3.05, 3.63) is 28.8 Å². The van der Waals surface area contributed by atoms with Gasteiger partial charge in [-0.25, -0.2) is 0 Å². The van der Waals surface area contributed by atoms with Gasteiger partial charge in [0.1, 0.15) is 5.75 Å². The molecule has 0 aliphatic carbocycles. The zero-order valence-electron chi connectivity index (χ0n) is 13.1. The number of ether oxygens (including phenoxy) is 1. The fraction of sp³-hybridized carbons (Fsp3) is 0.647. The van der Waals surface area contributed by atoms with Gasteiger partial charge in [-0.2, -0.15) is 0 Å². The highest BCUT2D eigenvalue weighted by molar-refractivity contribution is 5.43. The van der Waals surface area contributed by atoms with Crippen molar-refractivity contribution in [1.82, 2.24) is 5.32 Å². The Balaban J connectivity index is 2.21. The largest absolute Gasteiger partial charge is 0.496 e. The molecule has 1 aliphatic heterocycles. The summed E-state index contributed by atoms with van der Waals surface area (Å²) in [6.45, 7) is 7.07. The van der Waals surface area contributed by atoms with Crippen molar-refractivity contribution in [2.75, 3.05) is 13.7 Å². The quantitative estimate of drug-likeness (QED) is 0.889. The summed E-state index contributed by atoms with van der Waals surface area (Å²) in [5.74, 6) is 0.887. The van der Waals surface area contributed by atoms with E-state index in [1.54, 1.807) is 7.11 Å². The van der Waals surface area contributed by atoms with Crippen LogP contribution in [-0.2, 0) is 5.60 Å². The second-order valence-corrected chi connectivity index (χ2v) is 6.26. The molecule has 0 spiro atoms. The van der Waals surface area contributed by atoms with E-state index in [-0.39, 0.29) is 0 Å². The SMILES string of the molecule is COc1cc(C)c(C(C)(O)CC2CCCCN2)cc1C. The van der Waals surface area contributed by atoms with Crippen LogP contribution in [0.15, 0.2) is 12.1 Å². The van der Waals surface area contributed by atoms with Crippen molar-refractivity contribution < 1.29 is 9.84 Å². The fourth-order valence-electron chi connectivity index (χ4n) is 3.28. The Hall–Kier alpha value is -1.06. The van der Waals surface area contributed by atoms with Gasteiger partial charge < -0.3 is 15.2 Å². The normalized spacial score (nSPS) is 22.4. The molecule has 0 radical (unpaired) electrons. The first-order valence-corrected chi connectivity index (χ1v) is 7.55. The summed E-state index contributed by atoms with van der Waals surface area (Å²) in [4.78, 5) is 0. The molecule has 3 nitrogen and oxygen atoms in total. The van der Waals surface area contributed by atoms with Gasteiger partial charge in [0.15, 0.2) is 0 Å². The molecule has 0 bridgehead atoms. The van der Waals surface area contributed by atoms with Crippen LogP contribution in [0, 0.1) is 13.8 Å². The van der Waals surface area contributed by atoms with Gasteiger partial charge in [-0.3, -0.25) is 0 Å². The Bertz CT molecular complexity index is 462. The molecule has 20 heavy (non-hydrogen) atoms. The van der Waals surface area contributed by atoms with E-state index in [4.69, 9.17) is 4.74 Å². The molecule has 0 aromatic heterocycles. The topological polar surface area (TPSA) is 41.5 Å². The second-order valence-electron chi connectivity index (χ2n) is 6.26. The molecule has 2 N–H and O–H groups in total. The number of hydrogen-bond donors (Lipinski definition) is 2. The lowest BCUT2D eigenvalue weighted by Crippen LogP contribution is -2.40. The Morgan fingerprint density at radius 1 is 1.30 bits per heavy atom. The van der Waals surface area contributed by atoms with Crippen LogP contribution in [0.25, 0.3) is 0 Å². The number of aryl methyl sites for hydroxylation is 2. The lowest BCUT2D eigenvalue weighted by molar-refractivity contribution is 0.0325. The number of aliphatic hydroxyl groups is 1. The molecule has 1 aliphatic rings. The summed E-state index contributed by atoms with van der Waals surface area (Å²) in [5.41, 5.74) is 2.39. The summed E-state index contributed by atoms with van der Waals surface area (Å²) in [6.07, 6.45) is 4.43. The van der Waals surface area contributed by atoms with E-state index in [9.17, 15) is 5.11 Å².